The summed E-state index contributed by atoms with van der Waals surface area (Å²) < 4.78 is 7.19. The molecule has 1 aromatic heterocycles. The molecule has 1 saturated heterocycles. The fourth-order valence-corrected chi connectivity index (χ4v) is 2.25. The predicted molar refractivity (Wildman–Crippen MR) is 58.9 cm³/mol. The summed E-state index contributed by atoms with van der Waals surface area (Å²) in [7, 11) is 1.90. The lowest BCUT2D eigenvalue weighted by Crippen LogP contribution is -2.14. The second kappa shape index (κ2) is 4.51. The monoisotopic (exact) mass is 229 g/mol. The van der Waals surface area contributed by atoms with Gasteiger partial charge < -0.3 is 15.0 Å². The molecule has 2 rings (SSSR count). The van der Waals surface area contributed by atoms with E-state index in [0.717, 1.165) is 42.7 Å². The lowest BCUT2D eigenvalue weighted by atomic mass is 9.97. The van der Waals surface area contributed by atoms with Crippen molar-refractivity contribution in [2.24, 2.45) is 12.8 Å². The number of hydrogen-bond donors (Lipinski definition) is 1. The van der Waals surface area contributed by atoms with Gasteiger partial charge in [0.05, 0.1) is 12.2 Å². The molecule has 84 valence electrons. The Hall–Kier alpha value is -0.580. The average molecular weight is 230 g/mol. The first-order chi connectivity index (χ1) is 7.24. The van der Waals surface area contributed by atoms with Gasteiger partial charge in [0.15, 0.2) is 0 Å². The van der Waals surface area contributed by atoms with Gasteiger partial charge in [-0.1, -0.05) is 11.6 Å². The van der Waals surface area contributed by atoms with Crippen molar-refractivity contribution in [1.82, 2.24) is 9.55 Å². The molecule has 0 bridgehead atoms. The molecule has 1 aromatic rings. The summed E-state index contributed by atoms with van der Waals surface area (Å²) in [5.74, 6) is 1.28. The molecular weight excluding hydrogens is 214 g/mol. The van der Waals surface area contributed by atoms with Crippen molar-refractivity contribution in [3.63, 3.8) is 0 Å². The summed E-state index contributed by atoms with van der Waals surface area (Å²) in [5, 5.41) is 0.724. The smallest absolute Gasteiger partial charge is 0.132 e. The van der Waals surface area contributed by atoms with E-state index in [1.54, 1.807) is 0 Å². The number of halogens is 1. The Kier molecular flexibility index (Phi) is 3.29. The number of hydrogen-bond acceptors (Lipinski definition) is 3. The van der Waals surface area contributed by atoms with Gasteiger partial charge in [-0.05, 0) is 12.8 Å². The van der Waals surface area contributed by atoms with Gasteiger partial charge in [-0.3, -0.25) is 0 Å². The lowest BCUT2D eigenvalue weighted by molar-refractivity contribution is 0.0846. The zero-order valence-electron chi connectivity index (χ0n) is 8.87. The van der Waals surface area contributed by atoms with E-state index in [4.69, 9.17) is 22.1 Å². The summed E-state index contributed by atoms with van der Waals surface area (Å²) in [6.45, 7) is 2.03. The third-order valence-electron chi connectivity index (χ3n) is 2.93. The van der Waals surface area contributed by atoms with Crippen LogP contribution in [0.2, 0.25) is 5.15 Å². The fraction of sp³-hybridized carbons (Fsp3) is 0.700. The van der Waals surface area contributed by atoms with Gasteiger partial charge in [-0.25, -0.2) is 4.98 Å². The van der Waals surface area contributed by atoms with Crippen LogP contribution in [0.5, 0.6) is 0 Å². The highest BCUT2D eigenvalue weighted by Crippen LogP contribution is 2.31. The molecule has 1 fully saturated rings. The van der Waals surface area contributed by atoms with Crippen LogP contribution in [-0.2, 0) is 18.3 Å². The molecule has 15 heavy (non-hydrogen) atoms. The number of rotatable bonds is 2. The highest BCUT2D eigenvalue weighted by Gasteiger charge is 2.23. The zero-order valence-corrected chi connectivity index (χ0v) is 9.63. The Morgan fingerprint density at radius 3 is 2.73 bits per heavy atom. The molecule has 4 nitrogen and oxygen atoms in total. The maximum absolute atomic E-state index is 6.23. The molecule has 0 aromatic carbocycles. The maximum Gasteiger partial charge on any atom is 0.132 e. The van der Waals surface area contributed by atoms with Gasteiger partial charge in [0.1, 0.15) is 11.0 Å². The molecule has 0 aliphatic carbocycles. The van der Waals surface area contributed by atoms with E-state index in [9.17, 15) is 0 Å². The Labute approximate surface area is 94.4 Å². The van der Waals surface area contributed by atoms with Crippen LogP contribution < -0.4 is 5.73 Å². The minimum absolute atomic E-state index is 0.428. The Bertz CT molecular complexity index is 345. The first-order valence-electron chi connectivity index (χ1n) is 5.22. The largest absolute Gasteiger partial charge is 0.381 e. The lowest BCUT2D eigenvalue weighted by Gasteiger charge is -2.20. The van der Waals surface area contributed by atoms with Crippen LogP contribution in [0.3, 0.4) is 0 Å². The van der Waals surface area contributed by atoms with Gasteiger partial charge in [-0.2, -0.15) is 0 Å². The van der Waals surface area contributed by atoms with E-state index in [1.165, 1.54) is 0 Å². The van der Waals surface area contributed by atoms with Crippen LogP contribution in [0.25, 0.3) is 0 Å². The molecule has 1 aliphatic rings. The van der Waals surface area contributed by atoms with Crippen LogP contribution >= 0.6 is 11.6 Å². The van der Waals surface area contributed by atoms with E-state index in [-0.39, 0.29) is 0 Å². The van der Waals surface area contributed by atoms with E-state index in [2.05, 4.69) is 4.98 Å². The third kappa shape index (κ3) is 2.02. The van der Waals surface area contributed by atoms with Crippen molar-refractivity contribution in [3.8, 4) is 0 Å². The number of imidazole rings is 1. The van der Waals surface area contributed by atoms with Crippen molar-refractivity contribution in [2.75, 3.05) is 13.2 Å². The van der Waals surface area contributed by atoms with Crippen molar-refractivity contribution in [2.45, 2.75) is 25.3 Å². The predicted octanol–water partition coefficient (Wildman–Crippen LogP) is 1.43. The summed E-state index contributed by atoms with van der Waals surface area (Å²) >= 11 is 6.23. The zero-order chi connectivity index (χ0) is 10.8. The van der Waals surface area contributed by atoms with Crippen molar-refractivity contribution >= 4 is 11.6 Å². The van der Waals surface area contributed by atoms with Gasteiger partial charge in [0.2, 0.25) is 0 Å². The molecule has 0 unspecified atom stereocenters. The summed E-state index contributed by atoms with van der Waals surface area (Å²) in [5.41, 5.74) is 6.58. The van der Waals surface area contributed by atoms with E-state index in [1.807, 2.05) is 11.6 Å². The SMILES string of the molecule is Cn1c(CN)nc(C2CCOCC2)c1Cl. The molecule has 0 amide bonds. The topological polar surface area (TPSA) is 53.1 Å². The molecular formula is C10H16ClN3O. The second-order valence-corrected chi connectivity index (χ2v) is 4.21. The fourth-order valence-electron chi connectivity index (χ4n) is 1.96. The maximum atomic E-state index is 6.23. The van der Waals surface area contributed by atoms with Crippen LogP contribution in [0, 0.1) is 0 Å². The highest BCUT2D eigenvalue weighted by atomic mass is 35.5. The molecule has 1 aliphatic heterocycles. The third-order valence-corrected chi connectivity index (χ3v) is 3.38. The van der Waals surface area contributed by atoms with Gasteiger partial charge >= 0.3 is 0 Å². The number of nitrogens with two attached hydrogens (primary N) is 1. The molecule has 0 saturated carbocycles. The van der Waals surface area contributed by atoms with Crippen molar-refractivity contribution in [3.05, 3.63) is 16.7 Å². The molecule has 0 radical (unpaired) electrons. The average Bonchev–Trinajstić information content (AvgIpc) is 2.57. The van der Waals surface area contributed by atoms with E-state index >= 15 is 0 Å². The Morgan fingerprint density at radius 1 is 1.53 bits per heavy atom. The quantitative estimate of drug-likeness (QED) is 0.835. The van der Waals surface area contributed by atoms with E-state index in [0.29, 0.717) is 12.5 Å². The number of aromatic nitrogens is 2. The van der Waals surface area contributed by atoms with Crippen LogP contribution in [-0.4, -0.2) is 22.8 Å². The van der Waals surface area contributed by atoms with Crippen LogP contribution in [0.4, 0.5) is 0 Å². The van der Waals surface area contributed by atoms with Gasteiger partial charge in [0, 0.05) is 26.2 Å². The molecule has 2 N–H and O–H groups in total. The standard InChI is InChI=1S/C10H16ClN3O/c1-14-8(6-12)13-9(10(14)11)7-2-4-15-5-3-7/h7H,2-6,12H2,1H3. The highest BCUT2D eigenvalue weighted by molar-refractivity contribution is 6.30. The molecule has 0 atom stereocenters. The van der Waals surface area contributed by atoms with Crippen LogP contribution in [0.15, 0.2) is 0 Å². The summed E-state index contributed by atoms with van der Waals surface area (Å²) in [4.78, 5) is 4.50. The number of ether oxygens (including phenoxy) is 1. The van der Waals surface area contributed by atoms with Crippen LogP contribution in [0.1, 0.15) is 30.3 Å². The molecule has 0 spiro atoms. The van der Waals surface area contributed by atoms with Gasteiger partial charge in [-0.15, -0.1) is 0 Å². The minimum Gasteiger partial charge on any atom is -0.381 e. The number of nitrogens with zero attached hydrogens (tertiary/aromatic N) is 2. The summed E-state index contributed by atoms with van der Waals surface area (Å²) in [6.07, 6.45) is 2.00. The molecule has 5 heteroatoms. The first-order valence-corrected chi connectivity index (χ1v) is 5.60. The Balaban J connectivity index is 2.26. The normalized spacial score (nSPS) is 18.3. The summed E-state index contributed by atoms with van der Waals surface area (Å²) in [6, 6.07) is 0. The van der Waals surface area contributed by atoms with Crippen molar-refractivity contribution < 1.29 is 4.74 Å². The first kappa shape index (κ1) is 10.9. The van der Waals surface area contributed by atoms with Gasteiger partial charge in [0.25, 0.3) is 0 Å². The minimum atomic E-state index is 0.428. The van der Waals surface area contributed by atoms with E-state index < -0.39 is 0 Å². The van der Waals surface area contributed by atoms with Crippen molar-refractivity contribution in [1.29, 1.82) is 0 Å². The Morgan fingerprint density at radius 2 is 2.20 bits per heavy atom. The molecule has 2 heterocycles. The second-order valence-electron chi connectivity index (χ2n) is 3.85.